The van der Waals surface area contributed by atoms with E-state index in [2.05, 4.69) is 42.5 Å². The van der Waals surface area contributed by atoms with E-state index in [9.17, 15) is 0 Å². The molecule has 9 aromatic rings. The van der Waals surface area contributed by atoms with Gasteiger partial charge in [0.1, 0.15) is 11.2 Å². The summed E-state index contributed by atoms with van der Waals surface area (Å²) in [6.45, 7) is 0. The van der Waals surface area contributed by atoms with Crippen molar-refractivity contribution in [1.82, 2.24) is 0 Å². The number of benzene rings is 8. The van der Waals surface area contributed by atoms with Gasteiger partial charge in [-0.1, -0.05) is 151 Å². The van der Waals surface area contributed by atoms with Gasteiger partial charge in [0.25, 0.3) is 0 Å². The summed E-state index contributed by atoms with van der Waals surface area (Å²) in [6.07, 6.45) is 0. The molecular formula is C42H26O. The fourth-order valence-electron chi connectivity index (χ4n) is 6.50. The van der Waals surface area contributed by atoms with Crippen LogP contribution in [0.4, 0.5) is 0 Å². The summed E-state index contributed by atoms with van der Waals surface area (Å²) in [5.41, 5.74) is 6.48. The molecule has 0 N–H and O–H groups in total. The Labute approximate surface area is 259 Å². The molecule has 0 saturated heterocycles. The smallest absolute Gasteiger partial charge is 0.143 e. The van der Waals surface area contributed by atoms with Crippen molar-refractivity contribution in [3.63, 3.8) is 0 Å². The van der Waals surface area contributed by atoms with Gasteiger partial charge in [0, 0.05) is 16.3 Å². The second-order valence-electron chi connectivity index (χ2n) is 10.7. The van der Waals surface area contributed by atoms with Crippen LogP contribution in [0.15, 0.2) is 162 Å². The van der Waals surface area contributed by atoms with Crippen molar-refractivity contribution in [1.29, 1.82) is 0 Å². The van der Waals surface area contributed by atoms with Crippen LogP contribution in [-0.4, -0.2) is 0 Å². The van der Waals surface area contributed by atoms with Gasteiger partial charge in [-0.2, -0.15) is 0 Å². The van der Waals surface area contributed by atoms with Crippen LogP contribution in [0.3, 0.4) is 0 Å². The van der Waals surface area contributed by atoms with E-state index in [1.165, 1.54) is 0 Å². The zero-order valence-corrected chi connectivity index (χ0v) is 22.9. The highest BCUT2D eigenvalue weighted by Gasteiger charge is 2.18. The molecule has 0 spiro atoms. The summed E-state index contributed by atoms with van der Waals surface area (Å²) in [5, 5.41) is 5.50. The lowest BCUT2D eigenvalue weighted by molar-refractivity contribution is 0.670. The number of hydrogen-bond donors (Lipinski definition) is 0. The Morgan fingerprint density at radius 2 is 0.977 bits per heavy atom. The van der Waals surface area contributed by atoms with Crippen LogP contribution in [0.1, 0.15) is 9.60 Å². The Morgan fingerprint density at radius 3 is 1.72 bits per heavy atom. The third-order valence-electron chi connectivity index (χ3n) is 8.38. The second kappa shape index (κ2) is 9.44. The Morgan fingerprint density at radius 1 is 0.395 bits per heavy atom. The number of rotatable bonds is 3. The van der Waals surface area contributed by atoms with Gasteiger partial charge in [-0.05, 0) is 66.2 Å². The van der Waals surface area contributed by atoms with Crippen molar-refractivity contribution >= 4 is 54.3 Å². The first-order valence-corrected chi connectivity index (χ1v) is 14.2. The number of furan rings is 1. The molecule has 9 rings (SSSR count). The summed E-state index contributed by atoms with van der Waals surface area (Å²) < 4.78 is 67.2. The Balaban J connectivity index is 1.32. The van der Waals surface area contributed by atoms with Crippen LogP contribution in [0, 0.1) is 0 Å². The molecule has 0 aliphatic heterocycles. The molecule has 1 heteroatoms. The Kier molecular flexibility index (Phi) is 3.95. The minimum Gasteiger partial charge on any atom is -0.455 e. The van der Waals surface area contributed by atoms with E-state index in [-0.39, 0.29) is 46.5 Å². The quantitative estimate of drug-likeness (QED) is 0.198. The monoisotopic (exact) mass is 553 g/mol. The van der Waals surface area contributed by atoms with Crippen molar-refractivity contribution in [2.45, 2.75) is 0 Å². The lowest BCUT2D eigenvalue weighted by atomic mass is 9.84. The summed E-state index contributed by atoms with van der Waals surface area (Å²) in [6, 6.07) is 35.7. The minimum absolute atomic E-state index is 0.0562. The Bertz CT molecular complexity index is 2830. The lowest BCUT2D eigenvalue weighted by Crippen LogP contribution is -1.91. The van der Waals surface area contributed by atoms with Gasteiger partial charge in [-0.15, -0.1) is 0 Å². The van der Waals surface area contributed by atoms with E-state index in [4.69, 9.17) is 14.0 Å². The molecule has 0 atom stereocenters. The van der Waals surface area contributed by atoms with Gasteiger partial charge in [0.15, 0.2) is 0 Å². The molecular weight excluding hydrogens is 520 g/mol. The van der Waals surface area contributed by atoms with Crippen LogP contribution in [0.5, 0.6) is 0 Å². The molecule has 0 radical (unpaired) electrons. The van der Waals surface area contributed by atoms with Gasteiger partial charge in [0.2, 0.25) is 0 Å². The molecule has 0 bridgehead atoms. The van der Waals surface area contributed by atoms with Gasteiger partial charge >= 0.3 is 0 Å². The minimum atomic E-state index is -0.468. The third kappa shape index (κ3) is 3.65. The van der Waals surface area contributed by atoms with E-state index in [1.54, 1.807) is 0 Å². The first-order chi connectivity index (χ1) is 24.3. The van der Waals surface area contributed by atoms with Crippen molar-refractivity contribution in [3.8, 4) is 33.4 Å². The number of hydrogen-bond acceptors (Lipinski definition) is 1. The highest BCUT2D eigenvalue weighted by Crippen LogP contribution is 2.45. The van der Waals surface area contributed by atoms with E-state index in [0.717, 1.165) is 65.7 Å². The zero-order valence-electron chi connectivity index (χ0n) is 29.9. The topological polar surface area (TPSA) is 13.1 Å². The van der Waals surface area contributed by atoms with Crippen molar-refractivity contribution < 1.29 is 14.0 Å². The summed E-state index contributed by atoms with van der Waals surface area (Å²) >= 11 is 0. The fourth-order valence-corrected chi connectivity index (χ4v) is 6.50. The average Bonchev–Trinajstić information content (AvgIpc) is 3.54. The van der Waals surface area contributed by atoms with Crippen LogP contribution in [0.2, 0.25) is 0 Å². The van der Waals surface area contributed by atoms with Crippen LogP contribution in [-0.2, 0) is 0 Å². The molecule has 200 valence electrons. The van der Waals surface area contributed by atoms with Crippen LogP contribution < -0.4 is 0 Å². The maximum atomic E-state index is 9.15. The van der Waals surface area contributed by atoms with Gasteiger partial charge < -0.3 is 4.42 Å². The molecule has 1 aromatic heterocycles. The molecule has 1 heterocycles. The normalized spacial score (nSPS) is 14.0. The Hall–Kier alpha value is -5.66. The van der Waals surface area contributed by atoms with Crippen molar-refractivity contribution in [3.05, 3.63) is 158 Å². The van der Waals surface area contributed by atoms with E-state index in [1.807, 2.05) is 72.8 Å². The molecule has 8 aromatic carbocycles. The molecule has 0 aliphatic carbocycles. The van der Waals surface area contributed by atoms with Gasteiger partial charge in [-0.25, -0.2) is 0 Å². The predicted octanol–water partition coefficient (Wildman–Crippen LogP) is 12.0. The largest absolute Gasteiger partial charge is 0.455 e. The average molecular weight is 554 g/mol. The van der Waals surface area contributed by atoms with E-state index in [0.29, 0.717) is 5.56 Å². The summed E-state index contributed by atoms with van der Waals surface area (Å²) in [4.78, 5) is 0. The lowest BCUT2D eigenvalue weighted by Gasteiger charge is -2.19. The summed E-state index contributed by atoms with van der Waals surface area (Å²) in [7, 11) is 0. The highest BCUT2D eigenvalue weighted by atomic mass is 16.3. The number of para-hydroxylation sites is 2. The highest BCUT2D eigenvalue weighted by molar-refractivity contribution is 6.23. The molecule has 43 heavy (non-hydrogen) atoms. The molecule has 0 fully saturated rings. The predicted molar refractivity (Wildman–Crippen MR) is 183 cm³/mol. The standard InChI is InChI=1S/C42H26O/c1-2-13-30-27(11-1)12-9-20-33(30)41-36-17-5-3-15-34(36)40(35-16-4-6-18-37(35)41)29-25-23-28(24-26-29)31-19-10-21-38-32-14-7-8-22-39(32)43-42(31)38/h1-26H/i1D,2D,9D,11D,12D,13D,20D. The molecule has 0 unspecified atom stereocenters. The fraction of sp³-hybridized carbons (Fsp3) is 0. The van der Waals surface area contributed by atoms with E-state index >= 15 is 0 Å². The number of fused-ring (bicyclic) bond motifs is 6. The van der Waals surface area contributed by atoms with Crippen LogP contribution in [0.25, 0.3) is 87.6 Å². The second-order valence-corrected chi connectivity index (χ2v) is 10.7. The molecule has 0 saturated carbocycles. The SMILES string of the molecule is [2H]c1c([2H])c([2H])c2c(-c3c4ccccc4c(-c4ccc(-c5cccc6c5oc5ccccc56)cc4)c4ccccc34)c([2H])c([2H])c([2H])c2c1[2H]. The first-order valence-electron chi connectivity index (χ1n) is 17.7. The van der Waals surface area contributed by atoms with Gasteiger partial charge in [-0.3, -0.25) is 0 Å². The maximum Gasteiger partial charge on any atom is 0.143 e. The van der Waals surface area contributed by atoms with Crippen molar-refractivity contribution in [2.75, 3.05) is 0 Å². The summed E-state index contributed by atoms with van der Waals surface area (Å²) in [5.74, 6) is 0. The van der Waals surface area contributed by atoms with Crippen LogP contribution >= 0.6 is 0 Å². The van der Waals surface area contributed by atoms with E-state index < -0.39 is 12.1 Å². The van der Waals surface area contributed by atoms with Crippen molar-refractivity contribution in [2.24, 2.45) is 0 Å². The third-order valence-corrected chi connectivity index (χ3v) is 8.38. The molecule has 0 amide bonds. The zero-order chi connectivity index (χ0) is 34.4. The molecule has 1 nitrogen and oxygen atoms in total. The first kappa shape index (κ1) is 18.0. The maximum absolute atomic E-state index is 9.15. The van der Waals surface area contributed by atoms with Gasteiger partial charge in [0.05, 0.1) is 9.60 Å². The molecule has 0 aliphatic rings.